The molecule has 1 atom stereocenters. The van der Waals surface area contributed by atoms with Crippen molar-refractivity contribution in [2.24, 2.45) is 5.92 Å². The molecule has 1 unspecified atom stereocenters. The van der Waals surface area contributed by atoms with Crippen LogP contribution in [0, 0.1) is 12.8 Å². The number of amides is 1. The molecule has 19 heavy (non-hydrogen) atoms. The topological polar surface area (TPSA) is 57.6 Å². The maximum Gasteiger partial charge on any atom is 0.308 e. The SMILES string of the molecule is Cc1ccc(SCC(=O)N2CCC(C(=O)O)C2)cc1. The maximum atomic E-state index is 12.0. The Hall–Kier alpha value is -1.49. The molecule has 0 saturated carbocycles. The number of rotatable bonds is 4. The lowest BCUT2D eigenvalue weighted by atomic mass is 10.1. The minimum atomic E-state index is -0.804. The number of hydrogen-bond donors (Lipinski definition) is 1. The molecule has 0 radical (unpaired) electrons. The Morgan fingerprint density at radius 1 is 1.37 bits per heavy atom. The van der Waals surface area contributed by atoms with Gasteiger partial charge in [-0.2, -0.15) is 0 Å². The number of aliphatic carboxylic acids is 1. The molecule has 1 fully saturated rings. The third-order valence-corrected chi connectivity index (χ3v) is 4.27. The Balaban J connectivity index is 1.82. The molecule has 0 spiro atoms. The summed E-state index contributed by atoms with van der Waals surface area (Å²) >= 11 is 1.50. The van der Waals surface area contributed by atoms with E-state index < -0.39 is 11.9 Å². The summed E-state index contributed by atoms with van der Waals surface area (Å²) in [6, 6.07) is 8.03. The second kappa shape index (κ2) is 6.10. The van der Waals surface area contributed by atoms with Gasteiger partial charge in [-0.25, -0.2) is 0 Å². The largest absolute Gasteiger partial charge is 0.481 e. The zero-order valence-electron chi connectivity index (χ0n) is 10.8. The molecule has 1 saturated heterocycles. The normalized spacial score (nSPS) is 18.6. The maximum absolute atomic E-state index is 12.0. The number of carboxylic acids is 1. The molecule has 1 N–H and O–H groups in total. The monoisotopic (exact) mass is 279 g/mol. The average Bonchev–Trinajstić information content (AvgIpc) is 2.87. The molecule has 5 heteroatoms. The van der Waals surface area contributed by atoms with Gasteiger partial charge in [0.25, 0.3) is 0 Å². The van der Waals surface area contributed by atoms with E-state index >= 15 is 0 Å². The molecule has 4 nitrogen and oxygen atoms in total. The molecule has 1 aromatic carbocycles. The first-order valence-corrected chi connectivity index (χ1v) is 7.25. The van der Waals surface area contributed by atoms with Crippen molar-refractivity contribution in [1.82, 2.24) is 4.90 Å². The summed E-state index contributed by atoms with van der Waals surface area (Å²) in [5, 5.41) is 8.90. The van der Waals surface area contributed by atoms with Crippen molar-refractivity contribution in [2.45, 2.75) is 18.2 Å². The van der Waals surface area contributed by atoms with Gasteiger partial charge in [0.05, 0.1) is 11.7 Å². The van der Waals surface area contributed by atoms with E-state index in [-0.39, 0.29) is 5.91 Å². The van der Waals surface area contributed by atoms with Gasteiger partial charge in [0.1, 0.15) is 0 Å². The van der Waals surface area contributed by atoms with Gasteiger partial charge in [-0.1, -0.05) is 17.7 Å². The lowest BCUT2D eigenvalue weighted by molar-refractivity contribution is -0.141. The van der Waals surface area contributed by atoms with Crippen LogP contribution in [0.2, 0.25) is 0 Å². The molecule has 1 aliphatic heterocycles. The average molecular weight is 279 g/mol. The van der Waals surface area contributed by atoms with E-state index in [9.17, 15) is 9.59 Å². The first kappa shape index (κ1) is 13.9. The van der Waals surface area contributed by atoms with Gasteiger partial charge in [-0.05, 0) is 25.5 Å². The standard InChI is InChI=1S/C14H17NO3S/c1-10-2-4-12(5-3-10)19-9-13(16)15-7-6-11(8-15)14(17)18/h2-5,11H,6-9H2,1H3,(H,17,18). The number of carbonyl (C=O) groups excluding carboxylic acids is 1. The number of benzene rings is 1. The van der Waals surface area contributed by atoms with E-state index in [1.165, 1.54) is 17.3 Å². The molecular weight excluding hydrogens is 262 g/mol. The van der Waals surface area contributed by atoms with Gasteiger partial charge < -0.3 is 10.0 Å². The number of thioether (sulfide) groups is 1. The van der Waals surface area contributed by atoms with Crippen molar-refractivity contribution in [1.29, 1.82) is 0 Å². The molecule has 1 heterocycles. The van der Waals surface area contributed by atoms with Gasteiger partial charge in [0.2, 0.25) is 5.91 Å². The predicted molar refractivity (Wildman–Crippen MR) is 74.2 cm³/mol. The minimum Gasteiger partial charge on any atom is -0.481 e. The van der Waals surface area contributed by atoms with E-state index in [1.54, 1.807) is 4.90 Å². The lowest BCUT2D eigenvalue weighted by Gasteiger charge is -2.15. The number of aryl methyl sites for hydroxylation is 1. The predicted octanol–water partition coefficient (Wildman–Crippen LogP) is 2.02. The van der Waals surface area contributed by atoms with Crippen molar-refractivity contribution < 1.29 is 14.7 Å². The Bertz CT molecular complexity index is 472. The third-order valence-electron chi connectivity index (χ3n) is 3.27. The zero-order valence-corrected chi connectivity index (χ0v) is 11.7. The molecular formula is C14H17NO3S. The van der Waals surface area contributed by atoms with E-state index in [2.05, 4.69) is 0 Å². The van der Waals surface area contributed by atoms with Crippen LogP contribution in [0.25, 0.3) is 0 Å². The summed E-state index contributed by atoms with van der Waals surface area (Å²) in [7, 11) is 0. The summed E-state index contributed by atoms with van der Waals surface area (Å²) in [6.45, 7) is 2.93. The van der Waals surface area contributed by atoms with Crippen LogP contribution in [0.4, 0.5) is 0 Å². The van der Waals surface area contributed by atoms with Crippen molar-refractivity contribution >= 4 is 23.6 Å². The number of hydrogen-bond acceptors (Lipinski definition) is 3. The van der Waals surface area contributed by atoms with Crippen molar-refractivity contribution in [3.8, 4) is 0 Å². The highest BCUT2D eigenvalue weighted by Gasteiger charge is 2.30. The van der Waals surface area contributed by atoms with Crippen LogP contribution in [0.3, 0.4) is 0 Å². The molecule has 102 valence electrons. The molecule has 0 bridgehead atoms. The Morgan fingerprint density at radius 3 is 2.63 bits per heavy atom. The molecule has 2 rings (SSSR count). The number of nitrogens with zero attached hydrogens (tertiary/aromatic N) is 1. The van der Waals surface area contributed by atoms with Crippen LogP contribution in [-0.4, -0.2) is 40.7 Å². The van der Waals surface area contributed by atoms with Crippen molar-refractivity contribution in [3.05, 3.63) is 29.8 Å². The first-order valence-electron chi connectivity index (χ1n) is 6.26. The van der Waals surface area contributed by atoms with Gasteiger partial charge in [-0.3, -0.25) is 9.59 Å². The molecule has 0 aromatic heterocycles. The third kappa shape index (κ3) is 3.73. The van der Waals surface area contributed by atoms with Crippen LogP contribution >= 0.6 is 11.8 Å². The quantitative estimate of drug-likeness (QED) is 0.857. The molecule has 1 amide bonds. The number of carboxylic acid groups (broad SMARTS) is 1. The van der Waals surface area contributed by atoms with Gasteiger partial charge >= 0.3 is 5.97 Å². The summed E-state index contributed by atoms with van der Waals surface area (Å²) in [6.07, 6.45) is 0.566. The summed E-state index contributed by atoms with van der Waals surface area (Å²) < 4.78 is 0. The Labute approximate surface area is 116 Å². The van der Waals surface area contributed by atoms with Crippen molar-refractivity contribution in [2.75, 3.05) is 18.8 Å². The number of carbonyl (C=O) groups is 2. The van der Waals surface area contributed by atoms with Crippen molar-refractivity contribution in [3.63, 3.8) is 0 Å². The van der Waals surface area contributed by atoms with E-state index in [1.807, 2.05) is 31.2 Å². The lowest BCUT2D eigenvalue weighted by Crippen LogP contribution is -2.31. The van der Waals surface area contributed by atoms with Gasteiger partial charge in [0.15, 0.2) is 0 Å². The number of likely N-dealkylation sites (tertiary alicyclic amines) is 1. The van der Waals surface area contributed by atoms with Gasteiger partial charge in [-0.15, -0.1) is 11.8 Å². The minimum absolute atomic E-state index is 0.0225. The van der Waals surface area contributed by atoms with Crippen LogP contribution in [0.15, 0.2) is 29.2 Å². The molecule has 0 aliphatic carbocycles. The first-order chi connectivity index (χ1) is 9.06. The van der Waals surface area contributed by atoms with Crippen LogP contribution in [0.5, 0.6) is 0 Å². The second-order valence-corrected chi connectivity index (χ2v) is 5.81. The van der Waals surface area contributed by atoms with Crippen LogP contribution in [-0.2, 0) is 9.59 Å². The fourth-order valence-electron chi connectivity index (χ4n) is 2.06. The Kier molecular flexibility index (Phi) is 4.47. The molecule has 1 aromatic rings. The highest BCUT2D eigenvalue weighted by molar-refractivity contribution is 8.00. The zero-order chi connectivity index (χ0) is 13.8. The van der Waals surface area contributed by atoms with Gasteiger partial charge in [0, 0.05) is 18.0 Å². The molecule has 1 aliphatic rings. The Morgan fingerprint density at radius 2 is 2.05 bits per heavy atom. The highest BCUT2D eigenvalue weighted by atomic mass is 32.2. The highest BCUT2D eigenvalue weighted by Crippen LogP contribution is 2.21. The van der Waals surface area contributed by atoms with E-state index in [4.69, 9.17) is 5.11 Å². The second-order valence-electron chi connectivity index (χ2n) is 4.77. The smallest absolute Gasteiger partial charge is 0.308 e. The van der Waals surface area contributed by atoms with E-state index in [0.717, 1.165) is 4.90 Å². The van der Waals surface area contributed by atoms with Crippen LogP contribution in [0.1, 0.15) is 12.0 Å². The summed E-state index contributed by atoms with van der Waals surface area (Å²) in [4.78, 5) is 25.5. The van der Waals surface area contributed by atoms with Crippen LogP contribution < -0.4 is 0 Å². The fourth-order valence-corrected chi connectivity index (χ4v) is 2.86. The summed E-state index contributed by atoms with van der Waals surface area (Å²) in [5.41, 5.74) is 1.19. The fraction of sp³-hybridized carbons (Fsp3) is 0.429. The van der Waals surface area contributed by atoms with E-state index in [0.29, 0.717) is 25.3 Å². The summed E-state index contributed by atoms with van der Waals surface area (Å²) in [5.74, 6) is -0.806.